The van der Waals surface area contributed by atoms with Gasteiger partial charge in [-0.2, -0.15) is 0 Å². The summed E-state index contributed by atoms with van der Waals surface area (Å²) in [6, 6.07) is 5.52. The maximum atomic E-state index is 5.68. The number of nitrogens with two attached hydrogens (primary N) is 1. The molecular weight excluding hydrogens is 154 g/mol. The smallest absolute Gasteiger partial charge is 0.161 e. The molecule has 0 saturated carbocycles. The molecule has 0 aromatic carbocycles. The Hall–Kier alpha value is -1.68. The molecule has 0 aliphatic carbocycles. The third kappa shape index (κ3) is 1.19. The van der Waals surface area contributed by atoms with Crippen LogP contribution in [0.4, 0.5) is 5.69 Å². The van der Waals surface area contributed by atoms with Gasteiger partial charge < -0.3 is 11.2 Å². The SMILES string of the molecule is Nc1ccnc2ncccc12.O. The Morgan fingerprint density at radius 1 is 1.08 bits per heavy atom. The fourth-order valence-electron chi connectivity index (χ4n) is 1.00. The predicted molar refractivity (Wildman–Crippen MR) is 47.6 cm³/mol. The topological polar surface area (TPSA) is 83.3 Å². The number of rotatable bonds is 0. The van der Waals surface area contributed by atoms with Crippen molar-refractivity contribution < 1.29 is 5.48 Å². The first-order valence-electron chi connectivity index (χ1n) is 3.33. The highest BCUT2D eigenvalue weighted by atomic mass is 16.0. The van der Waals surface area contributed by atoms with Crippen LogP contribution in [0.5, 0.6) is 0 Å². The van der Waals surface area contributed by atoms with Crippen LogP contribution in [0.15, 0.2) is 30.6 Å². The molecule has 12 heavy (non-hydrogen) atoms. The van der Waals surface area contributed by atoms with E-state index in [1.807, 2.05) is 12.1 Å². The van der Waals surface area contributed by atoms with E-state index in [1.54, 1.807) is 18.5 Å². The van der Waals surface area contributed by atoms with Crippen molar-refractivity contribution in [1.82, 2.24) is 9.97 Å². The number of hydrogen-bond donors (Lipinski definition) is 1. The van der Waals surface area contributed by atoms with Gasteiger partial charge in [-0.25, -0.2) is 9.97 Å². The van der Waals surface area contributed by atoms with Crippen molar-refractivity contribution in [2.45, 2.75) is 0 Å². The Bertz CT molecular complexity index is 383. The lowest BCUT2D eigenvalue weighted by molar-refractivity contribution is 0.824. The molecular formula is C8H9N3O. The van der Waals surface area contributed by atoms with Crippen molar-refractivity contribution in [2.75, 3.05) is 5.73 Å². The first-order chi connectivity index (χ1) is 5.38. The lowest BCUT2D eigenvalue weighted by atomic mass is 10.2. The van der Waals surface area contributed by atoms with Gasteiger partial charge in [-0.05, 0) is 18.2 Å². The van der Waals surface area contributed by atoms with Crippen LogP contribution in [0.1, 0.15) is 0 Å². The molecule has 0 atom stereocenters. The molecule has 0 unspecified atom stereocenters. The Labute approximate surface area is 69.4 Å². The molecule has 2 aromatic heterocycles. The summed E-state index contributed by atoms with van der Waals surface area (Å²) in [4.78, 5) is 8.10. The van der Waals surface area contributed by atoms with Crippen LogP contribution in [0.2, 0.25) is 0 Å². The molecule has 2 heterocycles. The van der Waals surface area contributed by atoms with E-state index in [4.69, 9.17) is 5.73 Å². The number of anilines is 1. The number of fused-ring (bicyclic) bond motifs is 1. The van der Waals surface area contributed by atoms with Crippen LogP contribution >= 0.6 is 0 Å². The second kappa shape index (κ2) is 3.15. The largest absolute Gasteiger partial charge is 0.412 e. The first kappa shape index (κ1) is 8.42. The fraction of sp³-hybridized carbons (Fsp3) is 0. The van der Waals surface area contributed by atoms with E-state index in [2.05, 4.69) is 9.97 Å². The van der Waals surface area contributed by atoms with Crippen molar-refractivity contribution in [3.05, 3.63) is 30.6 Å². The van der Waals surface area contributed by atoms with E-state index >= 15 is 0 Å². The molecule has 2 aromatic rings. The molecule has 0 saturated heterocycles. The van der Waals surface area contributed by atoms with E-state index in [0.29, 0.717) is 5.65 Å². The van der Waals surface area contributed by atoms with Gasteiger partial charge in [0.1, 0.15) is 0 Å². The molecule has 2 rings (SSSR count). The van der Waals surface area contributed by atoms with Gasteiger partial charge in [0.25, 0.3) is 0 Å². The van der Waals surface area contributed by atoms with Crippen LogP contribution in [0.3, 0.4) is 0 Å². The summed E-state index contributed by atoms with van der Waals surface area (Å²) >= 11 is 0. The summed E-state index contributed by atoms with van der Waals surface area (Å²) in [7, 11) is 0. The summed E-state index contributed by atoms with van der Waals surface area (Å²) in [5.74, 6) is 0. The maximum absolute atomic E-state index is 5.68. The molecule has 4 heteroatoms. The van der Waals surface area contributed by atoms with Crippen molar-refractivity contribution >= 4 is 16.7 Å². The standard InChI is InChI=1S/C8H7N3.H2O/c9-7-3-5-11-8-6(7)2-1-4-10-8;/h1-5H,(H2,9,10,11);1H2. The third-order valence-corrected chi connectivity index (χ3v) is 1.55. The highest BCUT2D eigenvalue weighted by Gasteiger charge is 1.95. The Morgan fingerprint density at radius 2 is 1.83 bits per heavy atom. The quantitative estimate of drug-likeness (QED) is 0.609. The highest BCUT2D eigenvalue weighted by Crippen LogP contribution is 2.14. The zero-order valence-corrected chi connectivity index (χ0v) is 6.36. The van der Waals surface area contributed by atoms with E-state index < -0.39 is 0 Å². The highest BCUT2D eigenvalue weighted by molar-refractivity contribution is 5.86. The lowest BCUT2D eigenvalue weighted by Gasteiger charge is -1.96. The number of aromatic nitrogens is 2. The van der Waals surface area contributed by atoms with Crippen molar-refractivity contribution in [3.63, 3.8) is 0 Å². The molecule has 0 aliphatic heterocycles. The Morgan fingerprint density at radius 3 is 2.58 bits per heavy atom. The van der Waals surface area contributed by atoms with Crippen LogP contribution < -0.4 is 5.73 Å². The van der Waals surface area contributed by atoms with Gasteiger partial charge in [-0.15, -0.1) is 0 Å². The molecule has 0 aliphatic rings. The van der Waals surface area contributed by atoms with Crippen LogP contribution in [0, 0.1) is 0 Å². The molecule has 0 fully saturated rings. The zero-order chi connectivity index (χ0) is 7.68. The van der Waals surface area contributed by atoms with Gasteiger partial charge in [-0.1, -0.05) is 0 Å². The minimum Gasteiger partial charge on any atom is -0.412 e. The summed E-state index contributed by atoms with van der Waals surface area (Å²) in [6.07, 6.45) is 3.36. The van der Waals surface area contributed by atoms with Gasteiger partial charge in [-0.3, -0.25) is 0 Å². The van der Waals surface area contributed by atoms with Crippen LogP contribution in [-0.4, -0.2) is 15.4 Å². The second-order valence-electron chi connectivity index (χ2n) is 2.27. The number of nitrogens with zero attached hydrogens (tertiary/aromatic N) is 2. The molecule has 62 valence electrons. The molecule has 0 amide bonds. The summed E-state index contributed by atoms with van der Waals surface area (Å²) < 4.78 is 0. The van der Waals surface area contributed by atoms with E-state index in [9.17, 15) is 0 Å². The Kier molecular flexibility index (Phi) is 2.21. The van der Waals surface area contributed by atoms with Gasteiger partial charge in [0.15, 0.2) is 5.65 Å². The van der Waals surface area contributed by atoms with Gasteiger partial charge in [0.2, 0.25) is 0 Å². The zero-order valence-electron chi connectivity index (χ0n) is 6.36. The number of pyridine rings is 2. The summed E-state index contributed by atoms with van der Waals surface area (Å²) in [6.45, 7) is 0. The predicted octanol–water partition coefficient (Wildman–Crippen LogP) is 0.387. The monoisotopic (exact) mass is 163 g/mol. The number of hydrogen-bond acceptors (Lipinski definition) is 3. The van der Waals surface area contributed by atoms with E-state index in [1.165, 1.54) is 0 Å². The minimum absolute atomic E-state index is 0. The third-order valence-electron chi connectivity index (χ3n) is 1.55. The second-order valence-corrected chi connectivity index (χ2v) is 2.27. The summed E-state index contributed by atoms with van der Waals surface area (Å²) in [5, 5.41) is 0.912. The summed E-state index contributed by atoms with van der Waals surface area (Å²) in [5.41, 5.74) is 7.10. The Balaban J connectivity index is 0.000000720. The van der Waals surface area contributed by atoms with Gasteiger partial charge in [0.05, 0.1) is 0 Å². The van der Waals surface area contributed by atoms with Crippen molar-refractivity contribution in [1.29, 1.82) is 0 Å². The molecule has 4 N–H and O–H groups in total. The van der Waals surface area contributed by atoms with Crippen molar-refractivity contribution in [2.24, 2.45) is 0 Å². The van der Waals surface area contributed by atoms with Crippen LogP contribution in [-0.2, 0) is 0 Å². The average Bonchev–Trinajstić information content (AvgIpc) is 2.06. The first-order valence-corrected chi connectivity index (χ1v) is 3.33. The maximum Gasteiger partial charge on any atom is 0.161 e. The molecule has 4 nitrogen and oxygen atoms in total. The van der Waals surface area contributed by atoms with E-state index in [-0.39, 0.29) is 5.48 Å². The van der Waals surface area contributed by atoms with Gasteiger partial charge >= 0.3 is 0 Å². The normalized spacial score (nSPS) is 9.33. The van der Waals surface area contributed by atoms with Crippen LogP contribution in [0.25, 0.3) is 11.0 Å². The lowest BCUT2D eigenvalue weighted by Crippen LogP contribution is -1.89. The fourth-order valence-corrected chi connectivity index (χ4v) is 1.00. The average molecular weight is 163 g/mol. The van der Waals surface area contributed by atoms with E-state index in [0.717, 1.165) is 11.1 Å². The molecule has 0 spiro atoms. The molecule has 0 bridgehead atoms. The minimum atomic E-state index is 0. The van der Waals surface area contributed by atoms with Crippen molar-refractivity contribution in [3.8, 4) is 0 Å². The molecule has 0 radical (unpaired) electrons. The number of nitrogen functional groups attached to an aromatic ring is 1. The van der Waals surface area contributed by atoms with Gasteiger partial charge in [0, 0.05) is 23.5 Å².